The molecule has 0 saturated heterocycles. The van der Waals surface area contributed by atoms with Crippen LogP contribution in [0.25, 0.3) is 0 Å². The van der Waals surface area contributed by atoms with Gasteiger partial charge in [0.05, 0.1) is 7.11 Å². The molecule has 0 fully saturated rings. The van der Waals surface area contributed by atoms with Crippen LogP contribution < -0.4 is 14.8 Å². The van der Waals surface area contributed by atoms with Crippen molar-refractivity contribution < 1.29 is 19.4 Å². The fraction of sp³-hybridized carbons (Fsp3) is 0.471. The number of nitrogens with one attached hydrogen (secondary N) is 1. The summed E-state index contributed by atoms with van der Waals surface area (Å²) in [5.74, 6) is 1.25. The summed E-state index contributed by atoms with van der Waals surface area (Å²) in [4.78, 5) is 11.2. The van der Waals surface area contributed by atoms with E-state index in [2.05, 4.69) is 11.9 Å². The van der Waals surface area contributed by atoms with E-state index in [1.807, 2.05) is 31.4 Å². The summed E-state index contributed by atoms with van der Waals surface area (Å²) in [7, 11) is 1.59. The number of carbonyl (C=O) groups is 1. The van der Waals surface area contributed by atoms with Gasteiger partial charge in [-0.3, -0.25) is 4.79 Å². The Kier molecular flexibility index (Phi) is 8.58. The Morgan fingerprint density at radius 3 is 2.74 bits per heavy atom. The lowest BCUT2D eigenvalue weighted by Gasteiger charge is -2.16. The maximum atomic E-state index is 11.2. The zero-order chi connectivity index (χ0) is 17.2. The number of benzene rings is 1. The molecule has 0 unspecified atom stereocenters. The molecule has 1 rings (SSSR count). The molecule has 0 saturated carbocycles. The van der Waals surface area contributed by atoms with Gasteiger partial charge in [0.2, 0.25) is 0 Å². The van der Waals surface area contributed by atoms with E-state index < -0.39 is 12.0 Å². The third-order valence-electron chi connectivity index (χ3n) is 3.16. The van der Waals surface area contributed by atoms with Crippen molar-refractivity contribution in [3.05, 3.63) is 35.9 Å². The van der Waals surface area contributed by atoms with Gasteiger partial charge in [0, 0.05) is 6.54 Å². The van der Waals surface area contributed by atoms with Crippen LogP contribution >= 0.6 is 11.8 Å². The molecule has 0 aromatic heterocycles. The van der Waals surface area contributed by atoms with Gasteiger partial charge in [0.15, 0.2) is 11.5 Å². The van der Waals surface area contributed by atoms with Gasteiger partial charge in [-0.25, -0.2) is 0 Å². The van der Waals surface area contributed by atoms with Crippen LogP contribution in [0.1, 0.15) is 18.9 Å². The summed E-state index contributed by atoms with van der Waals surface area (Å²) >= 11 is 1.64. The second-order valence-electron chi connectivity index (χ2n) is 5.28. The monoisotopic (exact) mass is 339 g/mol. The van der Waals surface area contributed by atoms with E-state index in [0.717, 1.165) is 16.9 Å². The number of carboxylic acids is 1. The normalized spacial score (nSPS) is 11.8. The van der Waals surface area contributed by atoms with Gasteiger partial charge in [-0.1, -0.05) is 12.6 Å². The first-order chi connectivity index (χ1) is 11.0. The Bertz CT molecular complexity index is 533. The molecule has 0 amide bonds. The SMILES string of the molecule is C=C(C)COc1cc(CN[C@H](CCSC)C(=O)O)ccc1OC. The minimum absolute atomic E-state index is 0.415. The highest BCUT2D eigenvalue weighted by Gasteiger charge is 2.16. The molecule has 1 aromatic carbocycles. The van der Waals surface area contributed by atoms with Crippen LogP contribution in [0.3, 0.4) is 0 Å². The van der Waals surface area contributed by atoms with Gasteiger partial charge in [0.25, 0.3) is 0 Å². The zero-order valence-corrected chi connectivity index (χ0v) is 14.7. The van der Waals surface area contributed by atoms with E-state index in [0.29, 0.717) is 31.1 Å². The molecule has 5 nitrogen and oxygen atoms in total. The average molecular weight is 339 g/mol. The predicted molar refractivity (Wildman–Crippen MR) is 94.6 cm³/mol. The summed E-state index contributed by atoms with van der Waals surface area (Å²) in [5.41, 5.74) is 1.86. The molecule has 0 aliphatic heterocycles. The molecular weight excluding hydrogens is 314 g/mol. The van der Waals surface area contributed by atoms with E-state index in [4.69, 9.17) is 9.47 Å². The number of rotatable bonds is 11. The maximum absolute atomic E-state index is 11.2. The van der Waals surface area contributed by atoms with E-state index in [1.54, 1.807) is 18.9 Å². The van der Waals surface area contributed by atoms with E-state index in [9.17, 15) is 9.90 Å². The number of ether oxygens (including phenoxy) is 2. The predicted octanol–water partition coefficient (Wildman–Crippen LogP) is 2.95. The van der Waals surface area contributed by atoms with Gasteiger partial charge in [-0.2, -0.15) is 11.8 Å². The second kappa shape index (κ2) is 10.2. The zero-order valence-electron chi connectivity index (χ0n) is 13.9. The summed E-state index contributed by atoms with van der Waals surface area (Å²) in [6, 6.07) is 5.03. The Morgan fingerprint density at radius 2 is 2.17 bits per heavy atom. The molecule has 128 valence electrons. The number of hydrogen-bond donors (Lipinski definition) is 2. The van der Waals surface area contributed by atoms with Crippen LogP contribution in [0, 0.1) is 0 Å². The van der Waals surface area contributed by atoms with Gasteiger partial charge in [-0.05, 0) is 48.6 Å². The molecule has 0 aliphatic carbocycles. The molecule has 0 aliphatic rings. The first kappa shape index (κ1) is 19.4. The molecule has 2 N–H and O–H groups in total. The highest BCUT2D eigenvalue weighted by Crippen LogP contribution is 2.28. The quantitative estimate of drug-likeness (QED) is 0.604. The standard InChI is InChI=1S/C17H25NO4S/c1-12(2)11-22-16-9-13(5-6-15(16)21-3)10-18-14(17(19)20)7-8-23-4/h5-6,9,14,18H,1,7-8,10-11H2,2-4H3,(H,19,20)/t14-/m1/s1. The minimum Gasteiger partial charge on any atom is -0.493 e. The lowest BCUT2D eigenvalue weighted by molar-refractivity contribution is -0.139. The summed E-state index contributed by atoms with van der Waals surface area (Å²) in [6.07, 6.45) is 2.55. The number of thioether (sulfide) groups is 1. The Labute approximate surface area is 142 Å². The summed E-state index contributed by atoms with van der Waals surface area (Å²) in [6.45, 7) is 6.57. The van der Waals surface area contributed by atoms with Crippen molar-refractivity contribution in [2.45, 2.75) is 25.9 Å². The van der Waals surface area contributed by atoms with Gasteiger partial charge < -0.3 is 19.9 Å². The van der Waals surface area contributed by atoms with Crippen molar-refractivity contribution in [1.29, 1.82) is 0 Å². The van der Waals surface area contributed by atoms with Crippen LogP contribution in [0.2, 0.25) is 0 Å². The smallest absolute Gasteiger partial charge is 0.320 e. The third kappa shape index (κ3) is 6.97. The first-order valence-electron chi connectivity index (χ1n) is 7.37. The maximum Gasteiger partial charge on any atom is 0.320 e. The fourth-order valence-corrected chi connectivity index (χ4v) is 2.41. The van der Waals surface area contributed by atoms with E-state index in [1.165, 1.54) is 0 Å². The lowest BCUT2D eigenvalue weighted by Crippen LogP contribution is -2.36. The summed E-state index contributed by atoms with van der Waals surface area (Å²) in [5, 5.41) is 12.3. The Hall–Kier alpha value is -1.66. The lowest BCUT2D eigenvalue weighted by atomic mass is 10.1. The number of carboxylic acid groups (broad SMARTS) is 1. The molecule has 0 spiro atoms. The van der Waals surface area contributed by atoms with Crippen LogP contribution in [0.15, 0.2) is 30.4 Å². The molecule has 0 heterocycles. The van der Waals surface area contributed by atoms with Crippen LogP contribution in [-0.4, -0.2) is 42.8 Å². The van der Waals surface area contributed by atoms with Crippen molar-refractivity contribution in [3.8, 4) is 11.5 Å². The molecule has 23 heavy (non-hydrogen) atoms. The Balaban J connectivity index is 2.73. The van der Waals surface area contributed by atoms with Crippen molar-refractivity contribution in [2.24, 2.45) is 0 Å². The van der Waals surface area contributed by atoms with Crippen LogP contribution in [-0.2, 0) is 11.3 Å². The number of hydrogen-bond acceptors (Lipinski definition) is 5. The van der Waals surface area contributed by atoms with Crippen molar-refractivity contribution >= 4 is 17.7 Å². The van der Waals surface area contributed by atoms with E-state index in [-0.39, 0.29) is 0 Å². The fourth-order valence-electron chi connectivity index (χ4n) is 1.93. The van der Waals surface area contributed by atoms with Gasteiger partial charge in [0.1, 0.15) is 12.6 Å². The molecular formula is C17H25NO4S. The van der Waals surface area contributed by atoms with Crippen molar-refractivity contribution in [1.82, 2.24) is 5.32 Å². The first-order valence-corrected chi connectivity index (χ1v) is 8.76. The molecule has 6 heteroatoms. The van der Waals surface area contributed by atoms with Crippen molar-refractivity contribution in [2.75, 3.05) is 25.7 Å². The molecule has 0 radical (unpaired) electrons. The number of aliphatic carboxylic acids is 1. The second-order valence-corrected chi connectivity index (χ2v) is 6.27. The minimum atomic E-state index is -0.827. The summed E-state index contributed by atoms with van der Waals surface area (Å²) < 4.78 is 11.0. The molecule has 0 bridgehead atoms. The third-order valence-corrected chi connectivity index (χ3v) is 3.81. The molecule has 1 atom stereocenters. The topological polar surface area (TPSA) is 67.8 Å². The van der Waals surface area contributed by atoms with Gasteiger partial charge in [-0.15, -0.1) is 0 Å². The van der Waals surface area contributed by atoms with Gasteiger partial charge >= 0.3 is 5.97 Å². The van der Waals surface area contributed by atoms with Crippen LogP contribution in [0.5, 0.6) is 11.5 Å². The molecule has 1 aromatic rings. The highest BCUT2D eigenvalue weighted by atomic mass is 32.2. The largest absolute Gasteiger partial charge is 0.493 e. The van der Waals surface area contributed by atoms with Crippen molar-refractivity contribution in [3.63, 3.8) is 0 Å². The highest BCUT2D eigenvalue weighted by molar-refractivity contribution is 7.98. The van der Waals surface area contributed by atoms with Crippen LogP contribution in [0.4, 0.5) is 0 Å². The Morgan fingerprint density at radius 1 is 1.43 bits per heavy atom. The number of methoxy groups -OCH3 is 1. The van der Waals surface area contributed by atoms with E-state index >= 15 is 0 Å². The average Bonchev–Trinajstić information content (AvgIpc) is 2.52.